The minimum atomic E-state index is -4.64. The molecule has 0 aliphatic carbocycles. The Labute approximate surface area is 228 Å². The third kappa shape index (κ3) is 5.33. The smallest absolute Gasteiger partial charge is 0.416 e. The molecule has 2 aliphatic heterocycles. The standard InChI is InChI=1S/C29H26ClF3N2O4/c1-2-34-22-14-12-19(29(31,32)33)17-23(22)35(20-8-4-3-5-9-20)28(37)26(27(34)36)18-11-13-21(30)24(16-18)39-25-10-6-7-15-38-25/h3-5,8-9,11-14,16-17,25-26H,2,6-7,10,15H2,1H3. The van der Waals surface area contributed by atoms with E-state index in [1.54, 1.807) is 49.4 Å². The highest BCUT2D eigenvalue weighted by molar-refractivity contribution is 6.32. The highest BCUT2D eigenvalue weighted by Gasteiger charge is 2.43. The van der Waals surface area contributed by atoms with E-state index < -0.39 is 35.8 Å². The van der Waals surface area contributed by atoms with Crippen molar-refractivity contribution in [1.82, 2.24) is 0 Å². The van der Waals surface area contributed by atoms with Crippen LogP contribution in [0.2, 0.25) is 5.02 Å². The molecule has 0 bridgehead atoms. The maximum atomic E-state index is 14.2. The Kier molecular flexibility index (Phi) is 7.55. The van der Waals surface area contributed by atoms with Gasteiger partial charge in [0.15, 0.2) is 6.29 Å². The molecule has 6 nitrogen and oxygen atoms in total. The van der Waals surface area contributed by atoms with Gasteiger partial charge in [-0.05, 0) is 67.8 Å². The van der Waals surface area contributed by atoms with Crippen molar-refractivity contribution >= 4 is 40.5 Å². The van der Waals surface area contributed by atoms with Crippen LogP contribution in [0.15, 0.2) is 66.7 Å². The maximum absolute atomic E-state index is 14.2. The minimum Gasteiger partial charge on any atom is -0.463 e. The molecule has 0 radical (unpaired) electrons. The van der Waals surface area contributed by atoms with Gasteiger partial charge in [0.1, 0.15) is 11.7 Å². The molecule has 1 fully saturated rings. The van der Waals surface area contributed by atoms with Gasteiger partial charge in [-0.25, -0.2) is 0 Å². The first-order valence-corrected chi connectivity index (χ1v) is 13.1. The van der Waals surface area contributed by atoms with E-state index >= 15 is 0 Å². The van der Waals surface area contributed by atoms with Crippen molar-refractivity contribution < 1.29 is 32.2 Å². The Hall–Kier alpha value is -3.56. The second-order valence-electron chi connectivity index (χ2n) is 9.33. The number of benzene rings is 3. The number of halogens is 4. The second-order valence-corrected chi connectivity index (χ2v) is 9.74. The van der Waals surface area contributed by atoms with Gasteiger partial charge in [0.05, 0.1) is 28.6 Å². The number of likely N-dealkylation sites (N-methyl/N-ethyl adjacent to an activating group) is 1. The molecule has 3 aromatic rings. The summed E-state index contributed by atoms with van der Waals surface area (Å²) in [5.41, 5.74) is -0.106. The van der Waals surface area contributed by atoms with E-state index in [2.05, 4.69) is 0 Å². The number of amides is 2. The number of para-hydroxylation sites is 1. The van der Waals surface area contributed by atoms with Crippen molar-refractivity contribution in [3.8, 4) is 5.75 Å². The summed E-state index contributed by atoms with van der Waals surface area (Å²) in [5.74, 6) is -2.36. The third-order valence-corrected chi connectivity index (χ3v) is 7.14. The van der Waals surface area contributed by atoms with Crippen molar-refractivity contribution in [2.75, 3.05) is 23.0 Å². The van der Waals surface area contributed by atoms with Gasteiger partial charge in [0.25, 0.3) is 0 Å². The first kappa shape index (κ1) is 27.0. The summed E-state index contributed by atoms with van der Waals surface area (Å²) in [5, 5.41) is 0.284. The van der Waals surface area contributed by atoms with Crippen molar-refractivity contribution in [3.05, 3.63) is 82.9 Å². The molecule has 2 atom stereocenters. The molecule has 204 valence electrons. The van der Waals surface area contributed by atoms with Crippen LogP contribution in [0, 0.1) is 0 Å². The molecule has 39 heavy (non-hydrogen) atoms. The lowest BCUT2D eigenvalue weighted by molar-refractivity contribution is -0.137. The normalized spacial score (nSPS) is 20.0. The number of nitrogens with zero attached hydrogens (tertiary/aromatic N) is 2. The lowest BCUT2D eigenvalue weighted by Gasteiger charge is -2.26. The van der Waals surface area contributed by atoms with Crippen LogP contribution >= 0.6 is 11.6 Å². The zero-order valence-corrected chi connectivity index (χ0v) is 21.8. The van der Waals surface area contributed by atoms with Crippen molar-refractivity contribution in [2.24, 2.45) is 0 Å². The zero-order valence-electron chi connectivity index (χ0n) is 21.1. The van der Waals surface area contributed by atoms with Crippen LogP contribution in [0.1, 0.15) is 43.2 Å². The molecule has 1 saturated heterocycles. The lowest BCUT2D eigenvalue weighted by Crippen LogP contribution is -2.39. The van der Waals surface area contributed by atoms with Gasteiger partial charge in [-0.2, -0.15) is 13.2 Å². The molecule has 3 aromatic carbocycles. The Morgan fingerprint density at radius 1 is 0.974 bits per heavy atom. The molecule has 2 aliphatic rings. The fraction of sp³-hybridized carbons (Fsp3) is 0.310. The highest BCUT2D eigenvalue weighted by atomic mass is 35.5. The predicted molar refractivity (Wildman–Crippen MR) is 141 cm³/mol. The van der Waals surface area contributed by atoms with Gasteiger partial charge in [-0.1, -0.05) is 35.9 Å². The van der Waals surface area contributed by atoms with Gasteiger partial charge in [-0.15, -0.1) is 0 Å². The topological polar surface area (TPSA) is 59.1 Å². The Morgan fingerprint density at radius 2 is 1.74 bits per heavy atom. The summed E-state index contributed by atoms with van der Waals surface area (Å²) < 4.78 is 52.8. The van der Waals surface area contributed by atoms with Gasteiger partial charge in [0, 0.05) is 18.7 Å². The van der Waals surface area contributed by atoms with E-state index in [1.165, 1.54) is 21.9 Å². The minimum absolute atomic E-state index is 0.0280. The van der Waals surface area contributed by atoms with Crippen LogP contribution in [0.3, 0.4) is 0 Å². The second kappa shape index (κ2) is 10.9. The first-order chi connectivity index (χ1) is 18.7. The van der Waals surface area contributed by atoms with Crippen molar-refractivity contribution in [3.63, 3.8) is 0 Å². The highest BCUT2D eigenvalue weighted by Crippen LogP contribution is 2.45. The summed E-state index contributed by atoms with van der Waals surface area (Å²) in [4.78, 5) is 30.7. The molecule has 10 heteroatoms. The van der Waals surface area contributed by atoms with Gasteiger partial charge in [-0.3, -0.25) is 14.5 Å². The average Bonchev–Trinajstić information content (AvgIpc) is 3.01. The quantitative estimate of drug-likeness (QED) is 0.314. The largest absolute Gasteiger partial charge is 0.463 e. The van der Waals surface area contributed by atoms with E-state index in [4.69, 9.17) is 21.1 Å². The number of ether oxygens (including phenoxy) is 2. The number of alkyl halides is 3. The van der Waals surface area contributed by atoms with Crippen LogP contribution in [-0.4, -0.2) is 31.3 Å². The summed E-state index contributed by atoms with van der Waals surface area (Å²) in [6, 6.07) is 16.0. The molecule has 2 heterocycles. The van der Waals surface area contributed by atoms with Crippen LogP contribution in [0.25, 0.3) is 0 Å². The van der Waals surface area contributed by atoms with Crippen LogP contribution in [0.4, 0.5) is 30.2 Å². The van der Waals surface area contributed by atoms with E-state index in [1.807, 2.05) is 0 Å². The zero-order chi connectivity index (χ0) is 27.7. The van der Waals surface area contributed by atoms with Crippen LogP contribution < -0.4 is 14.5 Å². The first-order valence-electron chi connectivity index (χ1n) is 12.7. The van der Waals surface area contributed by atoms with Crippen LogP contribution in [-0.2, 0) is 20.5 Å². The number of rotatable bonds is 5. The number of carbonyl (C=O) groups is 2. The summed E-state index contributed by atoms with van der Waals surface area (Å²) >= 11 is 6.40. The number of hydrogen-bond acceptors (Lipinski definition) is 4. The Bertz CT molecular complexity index is 1380. The molecule has 2 amide bonds. The SMILES string of the molecule is CCN1C(=O)C(c2ccc(Cl)c(OC3CCCCO3)c2)C(=O)N(c2ccccc2)c2cc(C(F)(F)F)ccc21. The van der Waals surface area contributed by atoms with Crippen molar-refractivity contribution in [2.45, 2.75) is 44.6 Å². The Balaban J connectivity index is 1.65. The number of anilines is 3. The predicted octanol–water partition coefficient (Wildman–Crippen LogP) is 7.08. The monoisotopic (exact) mass is 558 g/mol. The molecule has 0 aromatic heterocycles. The molecule has 0 spiro atoms. The number of fused-ring (bicyclic) bond motifs is 1. The van der Waals surface area contributed by atoms with Crippen LogP contribution in [0.5, 0.6) is 5.75 Å². The summed E-state index contributed by atoms with van der Waals surface area (Å²) in [6.45, 7) is 2.39. The third-order valence-electron chi connectivity index (χ3n) is 6.83. The van der Waals surface area contributed by atoms with E-state index in [0.717, 1.165) is 25.0 Å². The molecular weight excluding hydrogens is 533 g/mol. The van der Waals surface area contributed by atoms with Gasteiger partial charge < -0.3 is 14.4 Å². The van der Waals surface area contributed by atoms with E-state index in [9.17, 15) is 22.8 Å². The Morgan fingerprint density at radius 3 is 2.41 bits per heavy atom. The average molecular weight is 559 g/mol. The van der Waals surface area contributed by atoms with Gasteiger partial charge in [0.2, 0.25) is 11.8 Å². The number of carbonyl (C=O) groups excluding carboxylic acids is 2. The van der Waals surface area contributed by atoms with Crippen molar-refractivity contribution in [1.29, 1.82) is 0 Å². The molecular formula is C29H26ClF3N2O4. The molecule has 0 N–H and O–H groups in total. The number of hydrogen-bond donors (Lipinski definition) is 0. The van der Waals surface area contributed by atoms with E-state index in [0.29, 0.717) is 24.3 Å². The van der Waals surface area contributed by atoms with E-state index in [-0.39, 0.29) is 28.7 Å². The fourth-order valence-corrected chi connectivity index (χ4v) is 5.09. The molecule has 5 rings (SSSR count). The fourth-order valence-electron chi connectivity index (χ4n) is 4.93. The maximum Gasteiger partial charge on any atom is 0.416 e. The summed E-state index contributed by atoms with van der Waals surface area (Å²) in [7, 11) is 0. The van der Waals surface area contributed by atoms with Gasteiger partial charge >= 0.3 is 6.18 Å². The summed E-state index contributed by atoms with van der Waals surface area (Å²) in [6.07, 6.45) is -2.62. The lowest BCUT2D eigenvalue weighted by atomic mass is 9.95. The molecule has 2 unspecified atom stereocenters. The molecule has 0 saturated carbocycles.